The number of benzene rings is 1. The van der Waals surface area contributed by atoms with E-state index in [0.29, 0.717) is 6.54 Å². The van der Waals surface area contributed by atoms with Gasteiger partial charge in [0.05, 0.1) is 0 Å². The normalized spacial score (nSPS) is 10.4. The van der Waals surface area contributed by atoms with Crippen LogP contribution >= 0.6 is 0 Å². The van der Waals surface area contributed by atoms with Crippen LogP contribution in [0.2, 0.25) is 0 Å². The lowest BCUT2D eigenvalue weighted by molar-refractivity contribution is -0.104. The molecule has 2 heteroatoms. The molecule has 0 saturated heterocycles. The minimum Gasteiger partial charge on any atom is -0.326 e. The molecule has 12 heavy (non-hydrogen) atoms. The lowest BCUT2D eigenvalue weighted by atomic mass is 10.1. The van der Waals surface area contributed by atoms with E-state index < -0.39 is 0 Å². The van der Waals surface area contributed by atoms with Crippen LogP contribution in [0.15, 0.2) is 30.3 Å². The molecule has 0 saturated carbocycles. The molecule has 0 bridgehead atoms. The van der Waals surface area contributed by atoms with Crippen LogP contribution in [0, 0.1) is 0 Å². The molecule has 0 fully saturated rings. The van der Waals surface area contributed by atoms with Crippen molar-refractivity contribution in [2.45, 2.75) is 6.54 Å². The van der Waals surface area contributed by atoms with Gasteiger partial charge in [-0.15, -0.1) is 0 Å². The molecule has 0 spiro atoms. The summed E-state index contributed by atoms with van der Waals surface area (Å²) in [6.07, 6.45) is 3.98. The molecule has 0 unspecified atom stereocenters. The fourth-order valence-corrected chi connectivity index (χ4v) is 1.03. The van der Waals surface area contributed by atoms with Gasteiger partial charge in [-0.1, -0.05) is 30.3 Å². The smallest absolute Gasteiger partial charge is 0.142 e. The molecule has 0 aromatic heterocycles. The third-order valence-electron chi connectivity index (χ3n) is 1.63. The van der Waals surface area contributed by atoms with E-state index in [-0.39, 0.29) is 0 Å². The second-order valence-corrected chi connectivity index (χ2v) is 2.40. The van der Waals surface area contributed by atoms with E-state index in [0.717, 1.165) is 17.4 Å². The largest absolute Gasteiger partial charge is 0.326 e. The molecule has 2 nitrogen and oxygen atoms in total. The van der Waals surface area contributed by atoms with Gasteiger partial charge in [-0.2, -0.15) is 0 Å². The van der Waals surface area contributed by atoms with Gasteiger partial charge in [-0.25, -0.2) is 0 Å². The van der Waals surface area contributed by atoms with Gasteiger partial charge < -0.3 is 5.73 Å². The van der Waals surface area contributed by atoms with Crippen LogP contribution in [0.5, 0.6) is 0 Å². The molecule has 2 N–H and O–H groups in total. The molecular weight excluding hydrogens is 150 g/mol. The number of allylic oxidation sites excluding steroid dienone is 1. The topological polar surface area (TPSA) is 43.1 Å². The number of carbonyl (C=O) groups excluding carboxylic acids is 1. The monoisotopic (exact) mass is 161 g/mol. The van der Waals surface area contributed by atoms with Gasteiger partial charge >= 0.3 is 0 Å². The molecule has 1 aromatic carbocycles. The van der Waals surface area contributed by atoms with Crippen LogP contribution in [0.4, 0.5) is 0 Å². The van der Waals surface area contributed by atoms with Crippen molar-refractivity contribution in [3.05, 3.63) is 41.5 Å². The van der Waals surface area contributed by atoms with Gasteiger partial charge in [0.25, 0.3) is 0 Å². The summed E-state index contributed by atoms with van der Waals surface area (Å²) in [4.78, 5) is 10.1. The number of rotatable bonds is 3. The van der Waals surface area contributed by atoms with Crippen molar-refractivity contribution in [2.24, 2.45) is 5.73 Å². The second-order valence-electron chi connectivity index (χ2n) is 2.40. The van der Waals surface area contributed by atoms with Crippen molar-refractivity contribution < 1.29 is 4.79 Å². The van der Waals surface area contributed by atoms with Crippen molar-refractivity contribution in [3.63, 3.8) is 0 Å². The van der Waals surface area contributed by atoms with Gasteiger partial charge in [-0.3, -0.25) is 4.79 Å². The highest BCUT2D eigenvalue weighted by molar-refractivity contribution is 5.74. The van der Waals surface area contributed by atoms with E-state index in [4.69, 9.17) is 5.73 Å². The quantitative estimate of drug-likeness (QED) is 0.537. The molecule has 0 amide bonds. The van der Waals surface area contributed by atoms with E-state index in [1.165, 1.54) is 6.08 Å². The molecule has 0 aliphatic heterocycles. The highest BCUT2D eigenvalue weighted by atomic mass is 16.1. The molecule has 0 atom stereocenters. The molecule has 0 aliphatic carbocycles. The SMILES string of the molecule is NCc1ccccc1/C=C/C=O. The van der Waals surface area contributed by atoms with Gasteiger partial charge in [0.1, 0.15) is 6.29 Å². The minimum atomic E-state index is 0.499. The first-order valence-electron chi connectivity index (χ1n) is 3.78. The molecule has 62 valence electrons. The summed E-state index contributed by atoms with van der Waals surface area (Å²) in [5.41, 5.74) is 7.56. The van der Waals surface area contributed by atoms with E-state index in [2.05, 4.69) is 0 Å². The zero-order valence-electron chi connectivity index (χ0n) is 6.73. The Hall–Kier alpha value is -1.41. The van der Waals surface area contributed by atoms with Crippen molar-refractivity contribution in [1.29, 1.82) is 0 Å². The summed E-state index contributed by atoms with van der Waals surface area (Å²) in [6, 6.07) is 7.73. The Balaban J connectivity index is 2.96. The average molecular weight is 161 g/mol. The van der Waals surface area contributed by atoms with E-state index in [1.807, 2.05) is 24.3 Å². The van der Waals surface area contributed by atoms with Crippen molar-refractivity contribution in [2.75, 3.05) is 0 Å². The molecule has 0 heterocycles. The Labute approximate surface area is 71.7 Å². The molecular formula is C10H11NO. The lowest BCUT2D eigenvalue weighted by Gasteiger charge is -2.00. The van der Waals surface area contributed by atoms with Gasteiger partial charge in [0, 0.05) is 6.54 Å². The Morgan fingerprint density at radius 2 is 2.08 bits per heavy atom. The fourth-order valence-electron chi connectivity index (χ4n) is 1.03. The molecule has 1 aromatic rings. The van der Waals surface area contributed by atoms with Crippen molar-refractivity contribution >= 4 is 12.4 Å². The van der Waals surface area contributed by atoms with Crippen molar-refractivity contribution in [1.82, 2.24) is 0 Å². The fraction of sp³-hybridized carbons (Fsp3) is 0.100. The Morgan fingerprint density at radius 3 is 2.75 bits per heavy atom. The summed E-state index contributed by atoms with van der Waals surface area (Å²) < 4.78 is 0. The lowest BCUT2D eigenvalue weighted by Crippen LogP contribution is -1.98. The number of hydrogen-bond acceptors (Lipinski definition) is 2. The van der Waals surface area contributed by atoms with Crippen LogP contribution in [0.1, 0.15) is 11.1 Å². The number of carbonyl (C=O) groups is 1. The van der Waals surface area contributed by atoms with Crippen LogP contribution in [0.3, 0.4) is 0 Å². The van der Waals surface area contributed by atoms with Gasteiger partial charge in [0.15, 0.2) is 0 Å². The van der Waals surface area contributed by atoms with Crippen LogP contribution < -0.4 is 5.73 Å². The van der Waals surface area contributed by atoms with Gasteiger partial charge in [-0.05, 0) is 17.2 Å². The Kier molecular flexibility index (Phi) is 3.23. The molecule has 0 aliphatic rings. The molecule has 1 rings (SSSR count). The predicted molar refractivity (Wildman–Crippen MR) is 49.4 cm³/mol. The van der Waals surface area contributed by atoms with Gasteiger partial charge in [0.2, 0.25) is 0 Å². The van der Waals surface area contributed by atoms with Crippen LogP contribution in [-0.2, 0) is 11.3 Å². The van der Waals surface area contributed by atoms with E-state index in [9.17, 15) is 4.79 Å². The predicted octanol–water partition coefficient (Wildman–Crippen LogP) is 1.36. The van der Waals surface area contributed by atoms with E-state index >= 15 is 0 Å². The maximum atomic E-state index is 10.1. The first-order valence-corrected chi connectivity index (χ1v) is 3.78. The average Bonchev–Trinajstić information content (AvgIpc) is 2.15. The maximum Gasteiger partial charge on any atom is 0.142 e. The Bertz CT molecular complexity index is 292. The number of nitrogens with two attached hydrogens (primary N) is 1. The third-order valence-corrected chi connectivity index (χ3v) is 1.63. The zero-order valence-corrected chi connectivity index (χ0v) is 6.73. The highest BCUT2D eigenvalue weighted by Crippen LogP contribution is 2.08. The van der Waals surface area contributed by atoms with Crippen LogP contribution in [-0.4, -0.2) is 6.29 Å². The van der Waals surface area contributed by atoms with E-state index in [1.54, 1.807) is 6.08 Å². The standard InChI is InChI=1S/C10H11NO/c11-8-10-5-2-1-4-9(10)6-3-7-12/h1-7H,8,11H2/b6-3+. The summed E-state index contributed by atoms with van der Waals surface area (Å²) in [7, 11) is 0. The second kappa shape index (κ2) is 4.46. The van der Waals surface area contributed by atoms with Crippen LogP contribution in [0.25, 0.3) is 6.08 Å². The number of hydrogen-bond donors (Lipinski definition) is 1. The maximum absolute atomic E-state index is 10.1. The molecule has 0 radical (unpaired) electrons. The Morgan fingerprint density at radius 1 is 1.33 bits per heavy atom. The number of aldehydes is 1. The zero-order chi connectivity index (χ0) is 8.81. The highest BCUT2D eigenvalue weighted by Gasteiger charge is 1.93. The summed E-state index contributed by atoms with van der Waals surface area (Å²) in [5, 5.41) is 0. The summed E-state index contributed by atoms with van der Waals surface area (Å²) in [5.74, 6) is 0. The minimum absolute atomic E-state index is 0.499. The summed E-state index contributed by atoms with van der Waals surface area (Å²) >= 11 is 0. The first kappa shape index (κ1) is 8.68. The summed E-state index contributed by atoms with van der Waals surface area (Å²) in [6.45, 7) is 0.499. The first-order chi connectivity index (χ1) is 5.88. The van der Waals surface area contributed by atoms with Crippen molar-refractivity contribution in [3.8, 4) is 0 Å². The third kappa shape index (κ3) is 2.04.